The maximum Gasteiger partial charge on any atom is 1.00 e. The number of carbonyl (C=O) groups excluding carboxylic acids is 4. The Kier molecular flexibility index (Phi) is 23.9. The molecule has 0 aliphatic carbocycles. The monoisotopic (exact) mass is 1120 g/mol. The molecule has 10 rings (SSSR count). The fourth-order valence-corrected chi connectivity index (χ4v) is 10.1. The van der Waals surface area contributed by atoms with Crippen LogP contribution in [0.25, 0.3) is 20.4 Å². The molecule has 77 heavy (non-hydrogen) atoms. The van der Waals surface area contributed by atoms with Gasteiger partial charge in [0.05, 0.1) is 36.7 Å². The first-order valence-electron chi connectivity index (χ1n) is 23.7. The number of anilines is 2. The van der Waals surface area contributed by atoms with Gasteiger partial charge in [-0.25, -0.2) is 39.3 Å². The average molecular weight is 1120 g/mol. The molecule has 0 bridgehead atoms. The number of piperidine rings is 2. The van der Waals surface area contributed by atoms with Crippen LogP contribution in [0.2, 0.25) is 0 Å². The summed E-state index contributed by atoms with van der Waals surface area (Å²) < 4.78 is 79.3. The molecular formula is C50H53BF6N10NaO7S2. The molecule has 4 aliphatic rings. The maximum atomic E-state index is 12.7. The summed E-state index contributed by atoms with van der Waals surface area (Å²) >= 11 is 2.16. The Morgan fingerprint density at radius 3 is 1.62 bits per heavy atom. The van der Waals surface area contributed by atoms with E-state index in [2.05, 4.69) is 91.4 Å². The topological polar surface area (TPSA) is 212 Å². The van der Waals surface area contributed by atoms with Gasteiger partial charge < -0.3 is 28.7 Å². The van der Waals surface area contributed by atoms with E-state index in [4.69, 9.17) is 0 Å². The molecule has 3 N–H and O–H groups in total. The Morgan fingerprint density at radius 1 is 0.701 bits per heavy atom. The number of hydrogen-bond acceptors (Lipinski definition) is 19. The Hall–Kier alpha value is -5.90. The second kappa shape index (κ2) is 29.7. The number of halogens is 6. The normalized spacial score (nSPS) is 14.8. The standard InChI is InChI=1S/C22H22F3N5S.C13H15F3N4S.C9H7NO.C4H6O4.C2H3BO2.Na/c23-22(24,25)9-18-8-19-20(27-13-28-21(19)31-18)29-17-3-5-30(6-4-17)12-14-1-2-15-10-26-11-16(15)7-14;14-13(15,16)6-9-5-10-11(18-7-19-12(10)21-9)20-8-1-3-17-4-2-8;11-6-7-1-2-8-4-10-5-9(8)3-7;1-3(5)7-8-4(2)6;1-2(4)5-3;/h1-2,7-8,11,13,17H,3-6,9-10,12H2,(H,27,28,29);5,7-8,17H,1-4,6H2,(H,18,19,20);1-3,5-6H,4H2;1-2H3;1H3;/q;;;;-1;+1. The van der Waals surface area contributed by atoms with Gasteiger partial charge in [-0.05, 0) is 90.9 Å². The van der Waals surface area contributed by atoms with Crippen molar-refractivity contribution < 1.29 is 89.5 Å². The maximum absolute atomic E-state index is 12.7. The fraction of sp³-hybridized carbons (Fsp3) is 0.400. The van der Waals surface area contributed by atoms with E-state index < -0.39 is 43.1 Å². The molecule has 8 heterocycles. The smallest absolute Gasteiger partial charge is 0.793 e. The molecule has 0 unspecified atom stereocenters. The Labute approximate surface area is 470 Å². The number of carbonyl (C=O) groups is 4. The number of hydrogen-bond donors (Lipinski definition) is 3. The molecule has 6 aromatic rings. The molecule has 0 saturated carbocycles. The minimum Gasteiger partial charge on any atom is -0.793 e. The van der Waals surface area contributed by atoms with Crippen LogP contribution in [-0.2, 0) is 61.3 Å². The van der Waals surface area contributed by atoms with Crippen LogP contribution in [0, 0.1) is 0 Å². The van der Waals surface area contributed by atoms with Crippen LogP contribution in [-0.4, -0.2) is 120 Å². The number of fused-ring (bicyclic) bond motifs is 4. The number of aliphatic imine (C=N–C) groups is 2. The molecule has 0 amide bonds. The van der Waals surface area contributed by atoms with E-state index in [1.807, 2.05) is 30.6 Å². The van der Waals surface area contributed by atoms with Crippen LogP contribution in [0.4, 0.5) is 38.0 Å². The number of rotatable bonds is 9. The first kappa shape index (κ1) is 62.0. The molecule has 4 aliphatic heterocycles. The van der Waals surface area contributed by atoms with Gasteiger partial charge in [0.25, 0.3) is 0 Å². The molecule has 27 heteroatoms. The van der Waals surface area contributed by atoms with Gasteiger partial charge in [0.15, 0.2) is 0 Å². The van der Waals surface area contributed by atoms with Gasteiger partial charge in [-0.3, -0.25) is 24.5 Å². The number of thiophene rings is 2. The first-order chi connectivity index (χ1) is 36.2. The van der Waals surface area contributed by atoms with Crippen molar-refractivity contribution in [2.75, 3.05) is 36.8 Å². The zero-order valence-corrected chi connectivity index (χ0v) is 46.1. The summed E-state index contributed by atoms with van der Waals surface area (Å²) in [6, 6.07) is 15.9. The van der Waals surface area contributed by atoms with Gasteiger partial charge in [0.2, 0.25) is 5.97 Å². The van der Waals surface area contributed by atoms with Crippen molar-refractivity contribution in [1.29, 1.82) is 0 Å². The van der Waals surface area contributed by atoms with E-state index in [0.717, 1.165) is 125 Å². The van der Waals surface area contributed by atoms with Gasteiger partial charge in [-0.1, -0.05) is 24.3 Å². The average Bonchev–Trinajstić information content (AvgIpc) is 4.22. The number of aromatic nitrogens is 4. The number of alkyl halides is 6. The molecule has 4 aromatic heterocycles. The predicted molar refractivity (Wildman–Crippen MR) is 278 cm³/mol. The van der Waals surface area contributed by atoms with Crippen molar-refractivity contribution in [1.82, 2.24) is 30.2 Å². The van der Waals surface area contributed by atoms with Crippen LogP contribution in [0.1, 0.15) is 94.4 Å². The summed E-state index contributed by atoms with van der Waals surface area (Å²) in [5.74, 6) is -0.479. The largest absolute Gasteiger partial charge is 1.00 e. The van der Waals surface area contributed by atoms with Crippen LogP contribution >= 0.6 is 22.7 Å². The third-order valence-corrected chi connectivity index (χ3v) is 13.6. The van der Waals surface area contributed by atoms with Crippen molar-refractivity contribution in [2.45, 2.75) is 103 Å². The van der Waals surface area contributed by atoms with Crippen molar-refractivity contribution in [3.8, 4) is 0 Å². The Balaban J connectivity index is 0.000000204. The molecule has 2 fully saturated rings. The van der Waals surface area contributed by atoms with Crippen molar-refractivity contribution in [3.05, 3.63) is 104 Å². The molecular weight excluding hydrogens is 1060 g/mol. The summed E-state index contributed by atoms with van der Waals surface area (Å²) in [6.45, 7) is 9.77. The summed E-state index contributed by atoms with van der Waals surface area (Å²) in [6.07, 6.45) is 1.03. The summed E-state index contributed by atoms with van der Waals surface area (Å²) in [4.78, 5) is 76.4. The SMILES string of the molecule is CC(=O)OOC(C)=O.FC(F)(F)Cc1cc2c(NC3CCN(Cc4ccc5c(c4)C=NC5)CC3)ncnc2s1.FC(F)(F)Cc1cc2c(NC3CCNCC3)ncnc2s1.O=Cc1ccc2c(c1)C=NC2.[B-]OC(C)=O.[Na+]. The Morgan fingerprint density at radius 2 is 1.17 bits per heavy atom. The van der Waals surface area contributed by atoms with Crippen molar-refractivity contribution in [2.24, 2.45) is 9.98 Å². The number of aldehydes is 1. The molecule has 0 atom stereocenters. The molecule has 2 saturated heterocycles. The number of benzene rings is 2. The van der Waals surface area contributed by atoms with Gasteiger partial charge in [0, 0.05) is 80.2 Å². The zero-order valence-electron chi connectivity index (χ0n) is 42.5. The number of nitrogens with zero attached hydrogens (tertiary/aromatic N) is 7. The zero-order chi connectivity index (χ0) is 54.8. The van der Waals surface area contributed by atoms with Gasteiger partial charge in [-0.2, -0.15) is 26.3 Å². The van der Waals surface area contributed by atoms with E-state index in [9.17, 15) is 45.5 Å². The minimum atomic E-state index is -4.22. The number of nitrogens with one attached hydrogen (secondary N) is 3. The van der Waals surface area contributed by atoms with Crippen LogP contribution < -0.4 is 45.5 Å². The minimum absolute atomic E-state index is 0. The van der Waals surface area contributed by atoms with E-state index >= 15 is 0 Å². The summed E-state index contributed by atoms with van der Waals surface area (Å²) in [5.41, 5.74) is 6.81. The summed E-state index contributed by atoms with van der Waals surface area (Å²) in [7, 11) is 4.32. The summed E-state index contributed by atoms with van der Waals surface area (Å²) in [5, 5.41) is 11.4. The molecule has 403 valence electrons. The van der Waals surface area contributed by atoms with Crippen molar-refractivity contribution in [3.63, 3.8) is 0 Å². The second-order valence-corrected chi connectivity index (χ2v) is 19.8. The van der Waals surface area contributed by atoms with E-state index in [-0.39, 0.29) is 45.4 Å². The number of likely N-dealkylation sites (tertiary alicyclic amines) is 1. The third kappa shape index (κ3) is 20.8. The quantitative estimate of drug-likeness (QED) is 0.0509. The molecule has 0 spiro atoms. The molecule has 2 aromatic carbocycles. The second-order valence-electron chi connectivity index (χ2n) is 17.6. The fourth-order valence-electron chi connectivity index (χ4n) is 8.02. The van der Waals surface area contributed by atoms with Crippen LogP contribution in [0.5, 0.6) is 0 Å². The van der Waals surface area contributed by atoms with Gasteiger partial charge in [0.1, 0.15) is 40.2 Å². The predicted octanol–water partition coefficient (Wildman–Crippen LogP) is 5.86. The Bertz CT molecular complexity index is 2990. The first-order valence-corrected chi connectivity index (χ1v) is 25.4. The van der Waals surface area contributed by atoms with E-state index in [0.29, 0.717) is 38.1 Å². The van der Waals surface area contributed by atoms with Crippen LogP contribution in [0.15, 0.2) is 71.2 Å². The van der Waals surface area contributed by atoms with E-state index in [1.165, 1.54) is 41.8 Å². The van der Waals surface area contributed by atoms with Gasteiger partial charge >= 0.3 is 53.8 Å². The van der Waals surface area contributed by atoms with Crippen molar-refractivity contribution >= 4 is 99.4 Å². The van der Waals surface area contributed by atoms with Crippen LogP contribution in [0.3, 0.4) is 0 Å². The molecule has 17 nitrogen and oxygen atoms in total. The van der Waals surface area contributed by atoms with Gasteiger partial charge in [-0.15, -0.1) is 22.7 Å². The third-order valence-electron chi connectivity index (χ3n) is 11.5. The van der Waals surface area contributed by atoms with E-state index in [1.54, 1.807) is 12.1 Å². The molecule has 3 radical (unpaired) electrons.